The Hall–Kier alpha value is -5.96. The summed E-state index contributed by atoms with van der Waals surface area (Å²) in [5, 5.41) is 4.12. The van der Waals surface area contributed by atoms with Gasteiger partial charge in [-0.1, -0.05) is 188 Å². The van der Waals surface area contributed by atoms with Gasteiger partial charge in [-0.2, -0.15) is 0 Å². The molecule has 0 bridgehead atoms. The smallest absolute Gasteiger partial charge is 0.172 e. The van der Waals surface area contributed by atoms with E-state index in [-0.39, 0.29) is 0 Å². The fourth-order valence-electron chi connectivity index (χ4n) is 6.36. The number of rotatable bonds is 10. The number of hydrogen-bond donors (Lipinski definition) is 0. The van der Waals surface area contributed by atoms with Gasteiger partial charge in [-0.05, 0) is 68.6 Å². The summed E-state index contributed by atoms with van der Waals surface area (Å²) >= 11 is 0. The van der Waals surface area contributed by atoms with Crippen molar-refractivity contribution >= 4 is 58.9 Å². The first-order chi connectivity index (χ1) is 23.8. The second-order valence-electron chi connectivity index (χ2n) is 11.8. The number of anilines is 3. The van der Waals surface area contributed by atoms with Crippen molar-refractivity contribution in [2.75, 3.05) is 4.90 Å². The van der Waals surface area contributed by atoms with Crippen LogP contribution in [0.3, 0.4) is 0 Å². The highest BCUT2D eigenvalue weighted by Gasteiger charge is 2.36. The highest BCUT2D eigenvalue weighted by atomic mass is 28.3. The van der Waals surface area contributed by atoms with Crippen LogP contribution in [0.1, 0.15) is 16.7 Å². The summed E-state index contributed by atoms with van der Waals surface area (Å²) in [7, 11) is -2.43. The van der Waals surface area contributed by atoms with Crippen molar-refractivity contribution in [3.63, 3.8) is 0 Å². The average molecular weight is 632 g/mol. The predicted octanol–water partition coefficient (Wildman–Crippen LogP) is 10.0. The Bertz CT molecular complexity index is 1940. The van der Waals surface area contributed by atoms with Gasteiger partial charge in [0.15, 0.2) is 8.07 Å². The molecule has 1 nitrogen and oxygen atoms in total. The molecule has 2 heteroatoms. The lowest BCUT2D eigenvalue weighted by Gasteiger charge is -2.30. The van der Waals surface area contributed by atoms with Crippen LogP contribution < -0.4 is 20.5 Å². The molecule has 0 radical (unpaired) electrons. The van der Waals surface area contributed by atoms with Crippen LogP contribution in [-0.2, 0) is 0 Å². The molecule has 0 unspecified atom stereocenters. The normalized spacial score (nSPS) is 11.6. The number of nitrogens with zero attached hydrogens (tertiary/aromatic N) is 1. The van der Waals surface area contributed by atoms with Crippen LogP contribution in [0.2, 0.25) is 0 Å². The fourth-order valence-corrected chi connectivity index (χ4v) is 10.5. The molecule has 0 amide bonds. The zero-order valence-corrected chi connectivity index (χ0v) is 27.8. The molecule has 0 fully saturated rings. The molecule has 0 heterocycles. The van der Waals surface area contributed by atoms with Gasteiger partial charge in [0.25, 0.3) is 0 Å². The van der Waals surface area contributed by atoms with E-state index in [1.807, 2.05) is 0 Å². The fraction of sp³-hybridized carbons (Fsp3) is 0. The van der Waals surface area contributed by atoms with Crippen molar-refractivity contribution in [3.8, 4) is 0 Å². The summed E-state index contributed by atoms with van der Waals surface area (Å²) in [5.74, 6) is 0. The molecule has 48 heavy (non-hydrogen) atoms. The molecular weight excluding hydrogens is 595 g/mol. The largest absolute Gasteiger partial charge is 0.311 e. The maximum Gasteiger partial charge on any atom is 0.172 e. The summed E-state index contributed by atoms with van der Waals surface area (Å²) in [5.41, 5.74) is 9.42. The van der Waals surface area contributed by atoms with Crippen LogP contribution in [0, 0.1) is 0 Å². The van der Waals surface area contributed by atoms with E-state index < -0.39 is 8.07 Å². The average Bonchev–Trinajstić information content (AvgIpc) is 3.17. The third-order valence-electron chi connectivity index (χ3n) is 8.80. The number of benzene rings is 7. The quantitative estimate of drug-likeness (QED) is 0.0825. The predicted molar refractivity (Wildman–Crippen MR) is 210 cm³/mol. The maximum atomic E-state index is 2.49. The highest BCUT2D eigenvalue weighted by molar-refractivity contribution is 7.15. The summed E-state index contributed by atoms with van der Waals surface area (Å²) in [6, 6.07) is 71.6. The highest BCUT2D eigenvalue weighted by Crippen LogP contribution is 2.34. The van der Waals surface area contributed by atoms with Crippen molar-refractivity contribution in [2.24, 2.45) is 0 Å². The van der Waals surface area contributed by atoms with Gasteiger partial charge >= 0.3 is 0 Å². The molecule has 0 aliphatic carbocycles. The van der Waals surface area contributed by atoms with E-state index in [9.17, 15) is 0 Å². The first-order valence-corrected chi connectivity index (χ1v) is 18.5. The molecule has 0 saturated heterocycles. The zero-order valence-electron chi connectivity index (χ0n) is 26.8. The van der Waals surface area contributed by atoms with Gasteiger partial charge in [-0.3, -0.25) is 0 Å². The molecule has 0 aromatic heterocycles. The van der Waals surface area contributed by atoms with E-state index in [1.165, 1.54) is 26.7 Å². The molecule has 7 aromatic rings. The molecule has 0 aliphatic rings. The Morgan fingerprint density at radius 1 is 0.292 bits per heavy atom. The Kier molecular flexibility index (Phi) is 9.36. The summed E-state index contributed by atoms with van der Waals surface area (Å²) in [6.07, 6.45) is 6.68. The third kappa shape index (κ3) is 6.76. The number of para-hydroxylation sites is 2. The van der Waals surface area contributed by atoms with Gasteiger partial charge in [0.2, 0.25) is 0 Å². The molecule has 0 atom stereocenters. The van der Waals surface area contributed by atoms with Crippen molar-refractivity contribution in [2.45, 2.75) is 0 Å². The molecule has 230 valence electrons. The van der Waals surface area contributed by atoms with Gasteiger partial charge in [0.1, 0.15) is 0 Å². The van der Waals surface area contributed by atoms with Gasteiger partial charge in [0.05, 0.1) is 0 Å². The minimum Gasteiger partial charge on any atom is -0.311 e. The van der Waals surface area contributed by atoms with Crippen molar-refractivity contribution < 1.29 is 0 Å². The van der Waals surface area contributed by atoms with Crippen LogP contribution in [-0.4, -0.2) is 8.07 Å². The minimum absolute atomic E-state index is 1.13. The van der Waals surface area contributed by atoms with E-state index in [0.29, 0.717) is 0 Å². The topological polar surface area (TPSA) is 3.24 Å². The molecule has 0 saturated carbocycles. The van der Waals surface area contributed by atoms with E-state index in [1.54, 1.807) is 0 Å². The van der Waals surface area contributed by atoms with Gasteiger partial charge in [0, 0.05) is 17.1 Å². The Morgan fingerprint density at radius 2 is 0.583 bits per heavy atom. The van der Waals surface area contributed by atoms with Crippen LogP contribution in [0.15, 0.2) is 206 Å². The lowest BCUT2D eigenvalue weighted by molar-refractivity contribution is 1.28. The van der Waals surface area contributed by atoms with Crippen LogP contribution in [0.5, 0.6) is 0 Å². The second kappa shape index (κ2) is 14.6. The van der Waals surface area contributed by atoms with Crippen LogP contribution in [0.25, 0.3) is 18.2 Å². The summed E-state index contributed by atoms with van der Waals surface area (Å²) < 4.78 is 0. The van der Waals surface area contributed by atoms with Crippen LogP contribution >= 0.6 is 0 Å². The van der Waals surface area contributed by atoms with Crippen molar-refractivity contribution in [1.82, 2.24) is 0 Å². The number of hydrogen-bond acceptors (Lipinski definition) is 1. The first kappa shape index (κ1) is 30.7. The molecule has 7 rings (SSSR count). The van der Waals surface area contributed by atoms with Crippen molar-refractivity contribution in [3.05, 3.63) is 223 Å². The zero-order chi connectivity index (χ0) is 32.4. The Balaban J connectivity index is 1.13. The van der Waals surface area contributed by atoms with Gasteiger partial charge in [-0.15, -0.1) is 0 Å². The standard InChI is InChI=1S/C46H37NSi/c1-6-16-41(17-7-1)47(42-18-8-2-9-19-42)43-34-32-39(33-35-43)27-26-38-28-30-40(31-29-38)36-37-48(44-20-10-3-11-21-44,45-22-12-4-13-23-45)46-24-14-5-15-25-46/h1-37H. The minimum atomic E-state index is -2.43. The third-order valence-corrected chi connectivity index (χ3v) is 13.2. The van der Waals surface area contributed by atoms with Crippen LogP contribution in [0.4, 0.5) is 17.1 Å². The molecule has 7 aromatic carbocycles. The van der Waals surface area contributed by atoms with E-state index in [2.05, 4.69) is 229 Å². The second-order valence-corrected chi connectivity index (χ2v) is 15.5. The van der Waals surface area contributed by atoms with E-state index in [0.717, 1.165) is 22.6 Å². The molecular formula is C46H37NSi. The summed E-state index contributed by atoms with van der Waals surface area (Å²) in [4.78, 5) is 2.28. The summed E-state index contributed by atoms with van der Waals surface area (Å²) in [6.45, 7) is 0. The maximum absolute atomic E-state index is 2.49. The Morgan fingerprint density at radius 3 is 0.958 bits per heavy atom. The molecule has 0 aliphatic heterocycles. The lowest BCUT2D eigenvalue weighted by atomic mass is 10.1. The van der Waals surface area contributed by atoms with Gasteiger partial charge in [-0.25, -0.2) is 0 Å². The monoisotopic (exact) mass is 631 g/mol. The molecule has 0 N–H and O–H groups in total. The first-order valence-electron chi connectivity index (χ1n) is 16.4. The molecule has 0 spiro atoms. The SMILES string of the molecule is C(=Cc1ccc(N(c2ccccc2)c2ccccc2)cc1)c1ccc(C=C[Si](c2ccccc2)(c2ccccc2)c2ccccc2)cc1. The van der Waals surface area contributed by atoms with E-state index in [4.69, 9.17) is 0 Å². The van der Waals surface area contributed by atoms with Crippen molar-refractivity contribution in [1.29, 1.82) is 0 Å². The Labute approximate surface area is 285 Å². The lowest BCUT2D eigenvalue weighted by Crippen LogP contribution is -2.66. The van der Waals surface area contributed by atoms with E-state index >= 15 is 0 Å². The van der Waals surface area contributed by atoms with Gasteiger partial charge < -0.3 is 4.90 Å².